The third-order valence-corrected chi connectivity index (χ3v) is 4.07. The van der Waals surface area contributed by atoms with E-state index in [1.54, 1.807) is 18.2 Å². The minimum atomic E-state index is -4.67. The van der Waals surface area contributed by atoms with Crippen molar-refractivity contribution in [3.63, 3.8) is 0 Å². The maximum atomic E-state index is 12.7. The Balaban J connectivity index is 1.87. The van der Waals surface area contributed by atoms with Gasteiger partial charge in [-0.15, -0.1) is 0 Å². The summed E-state index contributed by atoms with van der Waals surface area (Å²) in [5.74, 6) is -0.173. The number of nitrogens with zero attached hydrogens (tertiary/aromatic N) is 1. The molecule has 1 aromatic rings. The van der Waals surface area contributed by atoms with Crippen LogP contribution in [0.2, 0.25) is 0 Å². The van der Waals surface area contributed by atoms with Gasteiger partial charge in [0.1, 0.15) is 5.75 Å². The Bertz CT molecular complexity index is 537. The molecule has 1 aromatic carbocycles. The van der Waals surface area contributed by atoms with E-state index in [1.807, 2.05) is 0 Å². The van der Waals surface area contributed by atoms with Crippen molar-refractivity contribution in [2.75, 3.05) is 13.1 Å². The number of aryl methyl sites for hydroxylation is 1. The molecule has 0 spiro atoms. The van der Waals surface area contributed by atoms with Crippen LogP contribution in [0.3, 0.4) is 0 Å². The van der Waals surface area contributed by atoms with Crippen LogP contribution in [0.5, 0.6) is 5.75 Å². The molecule has 0 atom stereocenters. The number of carbonyl (C=O) groups excluding carboxylic acids is 1. The first-order valence-electron chi connectivity index (χ1n) is 7.07. The van der Waals surface area contributed by atoms with E-state index in [-0.39, 0.29) is 31.2 Å². The molecule has 122 valence electrons. The topological polar surface area (TPSA) is 60.8 Å². The Morgan fingerprint density at radius 3 is 2.36 bits per heavy atom. The molecule has 0 bridgehead atoms. The molecule has 0 aliphatic carbocycles. The van der Waals surface area contributed by atoms with Crippen molar-refractivity contribution >= 4 is 5.91 Å². The van der Waals surface area contributed by atoms with E-state index in [2.05, 4.69) is 0 Å². The van der Waals surface area contributed by atoms with E-state index in [4.69, 9.17) is 0 Å². The van der Waals surface area contributed by atoms with Crippen LogP contribution in [-0.2, 0) is 11.2 Å². The lowest BCUT2D eigenvalue weighted by Gasteiger charge is -2.39. The van der Waals surface area contributed by atoms with Crippen LogP contribution < -0.4 is 0 Å². The smallest absolute Gasteiger partial charge is 0.417 e. The van der Waals surface area contributed by atoms with Crippen LogP contribution in [0.4, 0.5) is 13.2 Å². The zero-order valence-corrected chi connectivity index (χ0v) is 11.9. The number of aliphatic hydroxyl groups is 1. The highest BCUT2D eigenvalue weighted by Crippen LogP contribution is 2.38. The monoisotopic (exact) mass is 317 g/mol. The number of para-hydroxylation sites is 1. The molecular formula is C15H18F3NO3. The molecule has 1 amide bonds. The van der Waals surface area contributed by atoms with Crippen LogP contribution in [0, 0.1) is 0 Å². The van der Waals surface area contributed by atoms with E-state index >= 15 is 0 Å². The maximum Gasteiger partial charge on any atom is 0.417 e. The van der Waals surface area contributed by atoms with Crippen molar-refractivity contribution in [3.8, 4) is 5.75 Å². The van der Waals surface area contributed by atoms with Crippen molar-refractivity contribution in [3.05, 3.63) is 29.8 Å². The summed E-state index contributed by atoms with van der Waals surface area (Å²) in [5, 5.41) is 19.2. The Kier molecular flexibility index (Phi) is 4.65. The van der Waals surface area contributed by atoms with Crippen LogP contribution in [0.15, 0.2) is 24.3 Å². The number of benzene rings is 1. The van der Waals surface area contributed by atoms with Crippen LogP contribution in [0.25, 0.3) is 0 Å². The zero-order chi connectivity index (χ0) is 16.4. The zero-order valence-electron chi connectivity index (χ0n) is 11.9. The van der Waals surface area contributed by atoms with Crippen molar-refractivity contribution in [2.45, 2.75) is 37.5 Å². The summed E-state index contributed by atoms with van der Waals surface area (Å²) in [4.78, 5) is 13.4. The fourth-order valence-electron chi connectivity index (χ4n) is 2.53. The number of carbonyl (C=O) groups is 1. The largest absolute Gasteiger partial charge is 0.508 e. The summed E-state index contributed by atoms with van der Waals surface area (Å²) in [6.07, 6.45) is -5.23. The van der Waals surface area contributed by atoms with Crippen molar-refractivity contribution in [1.29, 1.82) is 0 Å². The van der Waals surface area contributed by atoms with Gasteiger partial charge >= 0.3 is 6.18 Å². The lowest BCUT2D eigenvalue weighted by molar-refractivity contribution is -0.272. The first kappa shape index (κ1) is 16.6. The molecular weight excluding hydrogens is 299 g/mol. The fraction of sp³-hybridized carbons (Fsp3) is 0.533. The van der Waals surface area contributed by atoms with Gasteiger partial charge < -0.3 is 15.1 Å². The Hall–Kier alpha value is -1.76. The molecule has 2 rings (SSSR count). The van der Waals surface area contributed by atoms with Gasteiger partial charge in [0.25, 0.3) is 0 Å². The van der Waals surface area contributed by atoms with Gasteiger partial charge in [-0.3, -0.25) is 4.79 Å². The second-order valence-corrected chi connectivity index (χ2v) is 5.54. The molecule has 7 heteroatoms. The Labute approximate surface area is 126 Å². The van der Waals surface area contributed by atoms with Gasteiger partial charge in [-0.1, -0.05) is 18.2 Å². The molecule has 1 aliphatic rings. The van der Waals surface area contributed by atoms with Crippen molar-refractivity contribution in [2.24, 2.45) is 0 Å². The molecule has 0 unspecified atom stereocenters. The van der Waals surface area contributed by atoms with E-state index in [0.717, 1.165) is 0 Å². The highest BCUT2D eigenvalue weighted by atomic mass is 19.4. The predicted octanol–water partition coefficient (Wildman–Crippen LogP) is 2.24. The van der Waals surface area contributed by atoms with Gasteiger partial charge in [0.05, 0.1) is 0 Å². The minimum Gasteiger partial charge on any atom is -0.508 e. The number of alkyl halides is 3. The van der Waals surface area contributed by atoms with E-state index in [9.17, 15) is 28.2 Å². The Morgan fingerprint density at radius 2 is 1.82 bits per heavy atom. The summed E-state index contributed by atoms with van der Waals surface area (Å²) in [7, 11) is 0. The SMILES string of the molecule is O=C(CCc1ccccc1O)N1CCC(O)(C(F)(F)F)CC1. The lowest BCUT2D eigenvalue weighted by atomic mass is 9.90. The van der Waals surface area contributed by atoms with Gasteiger partial charge in [0.2, 0.25) is 5.91 Å². The van der Waals surface area contributed by atoms with Crippen molar-refractivity contribution < 1.29 is 28.2 Å². The van der Waals surface area contributed by atoms with E-state index in [0.29, 0.717) is 12.0 Å². The summed E-state index contributed by atoms with van der Waals surface area (Å²) in [6, 6.07) is 6.62. The maximum absolute atomic E-state index is 12.7. The normalized spacial score (nSPS) is 18.3. The second kappa shape index (κ2) is 6.16. The minimum absolute atomic E-state index is 0.0976. The third-order valence-electron chi connectivity index (χ3n) is 4.07. The van der Waals surface area contributed by atoms with Crippen LogP contribution in [-0.4, -0.2) is 45.9 Å². The second-order valence-electron chi connectivity index (χ2n) is 5.54. The number of aromatic hydroxyl groups is 1. The average Bonchev–Trinajstić information content (AvgIpc) is 2.46. The number of hydrogen-bond acceptors (Lipinski definition) is 3. The molecule has 1 saturated heterocycles. The molecule has 4 nitrogen and oxygen atoms in total. The van der Waals surface area contributed by atoms with Gasteiger partial charge in [-0.25, -0.2) is 0 Å². The number of phenols is 1. The summed E-state index contributed by atoms with van der Waals surface area (Å²) in [6.45, 7) is -0.231. The Morgan fingerprint density at radius 1 is 1.23 bits per heavy atom. The lowest BCUT2D eigenvalue weighted by Crippen LogP contribution is -2.54. The predicted molar refractivity (Wildman–Crippen MR) is 73.2 cm³/mol. The van der Waals surface area contributed by atoms with E-state index < -0.39 is 24.6 Å². The average molecular weight is 317 g/mol. The quantitative estimate of drug-likeness (QED) is 0.899. The number of amides is 1. The molecule has 1 aliphatic heterocycles. The number of hydrogen-bond donors (Lipinski definition) is 2. The highest BCUT2D eigenvalue weighted by Gasteiger charge is 2.54. The van der Waals surface area contributed by atoms with Gasteiger partial charge in [-0.05, 0) is 18.1 Å². The molecule has 0 aromatic heterocycles. The van der Waals surface area contributed by atoms with Crippen molar-refractivity contribution in [1.82, 2.24) is 4.90 Å². The third kappa shape index (κ3) is 3.52. The van der Waals surface area contributed by atoms with E-state index in [1.165, 1.54) is 11.0 Å². The van der Waals surface area contributed by atoms with Crippen LogP contribution in [0.1, 0.15) is 24.8 Å². The number of likely N-dealkylation sites (tertiary alicyclic amines) is 1. The fourth-order valence-corrected chi connectivity index (χ4v) is 2.53. The van der Waals surface area contributed by atoms with Crippen LogP contribution >= 0.6 is 0 Å². The summed E-state index contributed by atoms with van der Waals surface area (Å²) < 4.78 is 38.1. The molecule has 1 fully saturated rings. The first-order valence-corrected chi connectivity index (χ1v) is 7.07. The molecule has 2 N–H and O–H groups in total. The standard InChI is InChI=1S/C15H18F3NO3/c16-15(17,18)14(22)7-9-19(10-8-14)13(21)6-5-11-3-1-2-4-12(11)20/h1-4,20,22H,5-10H2. The summed E-state index contributed by atoms with van der Waals surface area (Å²) >= 11 is 0. The summed E-state index contributed by atoms with van der Waals surface area (Å²) in [5.41, 5.74) is -2.07. The number of rotatable bonds is 3. The van der Waals surface area contributed by atoms with Gasteiger partial charge in [0, 0.05) is 32.4 Å². The number of phenolic OH excluding ortho intramolecular Hbond substituents is 1. The molecule has 0 saturated carbocycles. The highest BCUT2D eigenvalue weighted by molar-refractivity contribution is 5.76. The van der Waals surface area contributed by atoms with Gasteiger partial charge in [0.15, 0.2) is 5.60 Å². The van der Waals surface area contributed by atoms with Gasteiger partial charge in [-0.2, -0.15) is 13.2 Å². The molecule has 0 radical (unpaired) electrons. The molecule has 22 heavy (non-hydrogen) atoms. The number of halogens is 3. The first-order chi connectivity index (χ1) is 10.2. The number of piperidine rings is 1. The molecule has 1 heterocycles.